The van der Waals surface area contributed by atoms with Crippen LogP contribution < -0.4 is 15.0 Å². The van der Waals surface area contributed by atoms with E-state index in [1.807, 2.05) is 54.6 Å². The molecule has 0 radical (unpaired) electrons. The Morgan fingerprint density at radius 2 is 1.53 bits per heavy atom. The largest absolute Gasteiger partial charge is 0.483 e. The van der Waals surface area contributed by atoms with Gasteiger partial charge in [0.05, 0.1) is 0 Å². The van der Waals surface area contributed by atoms with Crippen molar-refractivity contribution >= 4 is 17.3 Å². The number of nitrogens with one attached hydrogen (secondary N) is 1. The first-order valence-electron chi connectivity index (χ1n) is 10.7. The van der Waals surface area contributed by atoms with E-state index >= 15 is 0 Å². The standard InChI is InChI=1S/C26H28N2O2/c29-26(27-23-13-15-24(16-14-23)28-17-7-2-8-18-28)20-30-25-12-6-5-11-22(25)19-21-9-3-1-4-10-21/h1,3-6,9-16H,2,7-8,17-20H2,(H,27,29). The third-order valence-electron chi connectivity index (χ3n) is 5.44. The smallest absolute Gasteiger partial charge is 0.262 e. The van der Waals surface area contributed by atoms with Crippen molar-refractivity contribution in [1.29, 1.82) is 0 Å². The fraction of sp³-hybridized carbons (Fsp3) is 0.269. The van der Waals surface area contributed by atoms with E-state index in [4.69, 9.17) is 4.74 Å². The molecule has 4 heteroatoms. The number of rotatable bonds is 7. The third-order valence-corrected chi connectivity index (χ3v) is 5.44. The molecule has 1 fully saturated rings. The molecule has 1 aliphatic rings. The molecule has 1 amide bonds. The average molecular weight is 401 g/mol. The highest BCUT2D eigenvalue weighted by atomic mass is 16.5. The Labute approximate surface area is 178 Å². The molecule has 3 aromatic rings. The number of hydrogen-bond donors (Lipinski definition) is 1. The molecule has 3 aromatic carbocycles. The van der Waals surface area contributed by atoms with Crippen LogP contribution in [-0.4, -0.2) is 25.6 Å². The van der Waals surface area contributed by atoms with E-state index in [0.29, 0.717) is 0 Å². The van der Waals surface area contributed by atoms with Crippen LogP contribution in [0.5, 0.6) is 5.75 Å². The Morgan fingerprint density at radius 3 is 2.30 bits per heavy atom. The maximum Gasteiger partial charge on any atom is 0.262 e. The molecule has 0 bridgehead atoms. The molecule has 1 aliphatic heterocycles. The molecule has 1 N–H and O–H groups in total. The fourth-order valence-electron chi connectivity index (χ4n) is 3.85. The number of carbonyl (C=O) groups excluding carboxylic acids is 1. The van der Waals surface area contributed by atoms with Crippen molar-refractivity contribution in [3.8, 4) is 5.75 Å². The number of nitrogens with zero attached hydrogens (tertiary/aromatic N) is 1. The summed E-state index contributed by atoms with van der Waals surface area (Å²) < 4.78 is 5.84. The van der Waals surface area contributed by atoms with E-state index in [1.54, 1.807) is 0 Å². The second kappa shape index (κ2) is 9.97. The number of hydrogen-bond acceptors (Lipinski definition) is 3. The minimum absolute atomic E-state index is 0.0142. The number of ether oxygens (including phenoxy) is 1. The van der Waals surface area contributed by atoms with Gasteiger partial charge in [-0.25, -0.2) is 0 Å². The van der Waals surface area contributed by atoms with Gasteiger partial charge in [-0.3, -0.25) is 4.79 Å². The van der Waals surface area contributed by atoms with E-state index in [2.05, 4.69) is 34.5 Å². The van der Waals surface area contributed by atoms with Crippen LogP contribution in [0.3, 0.4) is 0 Å². The number of amides is 1. The van der Waals surface area contributed by atoms with Crippen molar-refractivity contribution < 1.29 is 9.53 Å². The molecule has 0 atom stereocenters. The second-order valence-electron chi connectivity index (χ2n) is 7.70. The predicted molar refractivity (Wildman–Crippen MR) is 122 cm³/mol. The van der Waals surface area contributed by atoms with Gasteiger partial charge >= 0.3 is 0 Å². The van der Waals surface area contributed by atoms with Gasteiger partial charge in [-0.2, -0.15) is 0 Å². The SMILES string of the molecule is O=C(COc1ccccc1Cc1ccccc1)Nc1ccc(N2CCCCC2)cc1. The predicted octanol–water partition coefficient (Wildman–Crippen LogP) is 5.29. The number of carbonyl (C=O) groups is 1. The second-order valence-corrected chi connectivity index (χ2v) is 7.70. The summed E-state index contributed by atoms with van der Waals surface area (Å²) in [5.74, 6) is 0.590. The summed E-state index contributed by atoms with van der Waals surface area (Å²) in [6.45, 7) is 2.21. The van der Waals surface area contributed by atoms with E-state index in [-0.39, 0.29) is 12.5 Å². The van der Waals surface area contributed by atoms with E-state index in [9.17, 15) is 4.79 Å². The van der Waals surface area contributed by atoms with Crippen LogP contribution in [0.1, 0.15) is 30.4 Å². The van der Waals surface area contributed by atoms with Crippen molar-refractivity contribution in [2.24, 2.45) is 0 Å². The van der Waals surface area contributed by atoms with E-state index in [1.165, 1.54) is 30.5 Å². The van der Waals surface area contributed by atoms with Gasteiger partial charge in [0.15, 0.2) is 6.61 Å². The van der Waals surface area contributed by atoms with E-state index < -0.39 is 0 Å². The molecule has 1 saturated heterocycles. The van der Waals surface area contributed by atoms with Gasteiger partial charge in [-0.1, -0.05) is 48.5 Å². The molecule has 0 aromatic heterocycles. The minimum atomic E-state index is -0.157. The topological polar surface area (TPSA) is 41.6 Å². The first-order chi connectivity index (χ1) is 14.8. The Bertz CT molecular complexity index is 948. The number of piperidine rings is 1. The van der Waals surface area contributed by atoms with Gasteiger partial charge in [-0.15, -0.1) is 0 Å². The van der Waals surface area contributed by atoms with Crippen molar-refractivity contribution in [3.05, 3.63) is 90.0 Å². The van der Waals surface area contributed by atoms with Gasteiger partial charge < -0.3 is 15.0 Å². The highest BCUT2D eigenvalue weighted by Crippen LogP contribution is 2.23. The Morgan fingerprint density at radius 1 is 0.833 bits per heavy atom. The normalized spacial score (nSPS) is 13.7. The Hall–Kier alpha value is -3.27. The molecular weight excluding hydrogens is 372 g/mol. The van der Waals surface area contributed by atoms with Gasteiger partial charge in [0.25, 0.3) is 5.91 Å². The zero-order valence-corrected chi connectivity index (χ0v) is 17.2. The van der Waals surface area contributed by atoms with Gasteiger partial charge in [-0.05, 0) is 60.7 Å². The first kappa shape index (κ1) is 20.0. The van der Waals surface area contributed by atoms with Crippen LogP contribution in [0, 0.1) is 0 Å². The Balaban J connectivity index is 1.32. The third kappa shape index (κ3) is 5.41. The lowest BCUT2D eigenvalue weighted by molar-refractivity contribution is -0.118. The zero-order chi connectivity index (χ0) is 20.6. The molecule has 1 heterocycles. The number of benzene rings is 3. The fourth-order valence-corrected chi connectivity index (χ4v) is 3.85. The summed E-state index contributed by atoms with van der Waals surface area (Å²) >= 11 is 0. The highest BCUT2D eigenvalue weighted by molar-refractivity contribution is 5.92. The monoisotopic (exact) mass is 400 g/mol. The van der Waals surface area contributed by atoms with Crippen LogP contribution in [0.2, 0.25) is 0 Å². The maximum absolute atomic E-state index is 12.4. The quantitative estimate of drug-likeness (QED) is 0.586. The average Bonchev–Trinajstić information content (AvgIpc) is 2.80. The summed E-state index contributed by atoms with van der Waals surface area (Å²) in [4.78, 5) is 14.8. The van der Waals surface area contributed by atoms with Crippen molar-refractivity contribution in [2.45, 2.75) is 25.7 Å². The summed E-state index contributed by atoms with van der Waals surface area (Å²) in [5, 5.41) is 2.93. The lowest BCUT2D eigenvalue weighted by atomic mass is 10.0. The first-order valence-corrected chi connectivity index (χ1v) is 10.7. The maximum atomic E-state index is 12.4. The Kier molecular flexibility index (Phi) is 6.65. The van der Waals surface area contributed by atoms with Gasteiger partial charge in [0, 0.05) is 30.9 Å². The van der Waals surface area contributed by atoms with Crippen LogP contribution in [-0.2, 0) is 11.2 Å². The lowest BCUT2D eigenvalue weighted by Gasteiger charge is -2.28. The number of para-hydroxylation sites is 1. The number of anilines is 2. The molecule has 4 rings (SSSR count). The van der Waals surface area contributed by atoms with Crippen molar-refractivity contribution in [1.82, 2.24) is 0 Å². The summed E-state index contributed by atoms with van der Waals surface area (Å²) in [5.41, 5.74) is 4.30. The molecule has 0 spiro atoms. The minimum Gasteiger partial charge on any atom is -0.483 e. The van der Waals surface area contributed by atoms with Crippen LogP contribution in [0.15, 0.2) is 78.9 Å². The zero-order valence-electron chi connectivity index (χ0n) is 17.2. The van der Waals surface area contributed by atoms with E-state index in [0.717, 1.165) is 36.5 Å². The molecule has 0 unspecified atom stereocenters. The highest BCUT2D eigenvalue weighted by Gasteiger charge is 2.11. The van der Waals surface area contributed by atoms with Crippen molar-refractivity contribution in [2.75, 3.05) is 29.9 Å². The van der Waals surface area contributed by atoms with Gasteiger partial charge in [0.1, 0.15) is 5.75 Å². The molecule has 0 saturated carbocycles. The van der Waals surface area contributed by atoms with Crippen molar-refractivity contribution in [3.63, 3.8) is 0 Å². The summed E-state index contributed by atoms with van der Waals surface area (Å²) in [7, 11) is 0. The molecule has 30 heavy (non-hydrogen) atoms. The van der Waals surface area contributed by atoms with Crippen LogP contribution >= 0.6 is 0 Å². The molecule has 4 nitrogen and oxygen atoms in total. The molecule has 0 aliphatic carbocycles. The lowest BCUT2D eigenvalue weighted by Crippen LogP contribution is -2.29. The summed E-state index contributed by atoms with van der Waals surface area (Å²) in [6.07, 6.45) is 4.60. The molecular formula is C26H28N2O2. The summed E-state index contributed by atoms with van der Waals surface area (Å²) in [6, 6.07) is 26.2. The molecule has 154 valence electrons. The van der Waals surface area contributed by atoms with Crippen LogP contribution in [0.25, 0.3) is 0 Å². The van der Waals surface area contributed by atoms with Gasteiger partial charge in [0.2, 0.25) is 0 Å². The van der Waals surface area contributed by atoms with Crippen LogP contribution in [0.4, 0.5) is 11.4 Å².